The molecule has 0 atom stereocenters. The number of hydrogen-bond acceptors (Lipinski definition) is 4. The summed E-state index contributed by atoms with van der Waals surface area (Å²) in [7, 11) is 2.60. The molecule has 128 valence electrons. The second-order valence-electron chi connectivity index (χ2n) is 4.85. The topological polar surface area (TPSA) is 38.5 Å². The van der Waals surface area contributed by atoms with E-state index in [2.05, 4.69) is 4.84 Å². The van der Waals surface area contributed by atoms with Gasteiger partial charge in [-0.1, -0.05) is 11.8 Å². The van der Waals surface area contributed by atoms with Gasteiger partial charge in [0.05, 0.1) is 17.6 Å². The Morgan fingerprint density at radius 2 is 1.71 bits per heavy atom. The summed E-state index contributed by atoms with van der Waals surface area (Å²) in [5, 5.41) is 0. The van der Waals surface area contributed by atoms with Crippen LogP contribution in [0.4, 0.5) is 18.9 Å². The summed E-state index contributed by atoms with van der Waals surface area (Å²) < 4.78 is 45.2. The number of aryl methyl sites for hydroxylation is 1. The van der Waals surface area contributed by atoms with Gasteiger partial charge in [-0.25, -0.2) is 4.84 Å². The number of ether oxygens (including phenoxy) is 1. The van der Waals surface area contributed by atoms with Gasteiger partial charge < -0.3 is 4.74 Å². The lowest BCUT2D eigenvalue weighted by Crippen LogP contribution is -2.10. The van der Waals surface area contributed by atoms with Gasteiger partial charge in [0, 0.05) is 21.9 Å². The molecule has 0 spiro atoms. The number of benzene rings is 2. The molecule has 0 aliphatic carbocycles. The number of halogens is 3. The first-order valence-electron chi connectivity index (χ1n) is 6.81. The van der Waals surface area contributed by atoms with Gasteiger partial charge in [0.2, 0.25) is 0 Å². The Bertz CT molecular complexity index is 745. The molecular formula is C16H15F3NO3S+. The monoisotopic (exact) mass is 358 g/mol. The van der Waals surface area contributed by atoms with Crippen molar-refractivity contribution in [3.63, 3.8) is 0 Å². The van der Waals surface area contributed by atoms with Crippen molar-refractivity contribution < 1.29 is 27.7 Å². The van der Waals surface area contributed by atoms with Crippen LogP contribution < -0.4 is 4.74 Å². The van der Waals surface area contributed by atoms with Crippen LogP contribution in [0, 0.1) is 11.8 Å². The van der Waals surface area contributed by atoms with Crippen molar-refractivity contribution in [1.82, 2.24) is 0 Å². The molecular weight excluding hydrogens is 343 g/mol. The fraction of sp³-hybridized carbons (Fsp3) is 0.250. The van der Waals surface area contributed by atoms with Crippen LogP contribution in [0.2, 0.25) is 0 Å². The van der Waals surface area contributed by atoms with Crippen molar-refractivity contribution in [2.45, 2.75) is 22.9 Å². The summed E-state index contributed by atoms with van der Waals surface area (Å²) in [5.74, 6) is 0.615. The summed E-state index contributed by atoms with van der Waals surface area (Å²) in [6, 6.07) is 8.83. The highest BCUT2D eigenvalue weighted by Gasteiger charge is 2.37. The number of nitrogens with zero attached hydrogens (tertiary/aromatic N) is 1. The zero-order valence-corrected chi connectivity index (χ0v) is 14.0. The molecule has 2 aromatic carbocycles. The Morgan fingerprint density at radius 3 is 2.21 bits per heavy atom. The van der Waals surface area contributed by atoms with Crippen LogP contribution in [0.5, 0.6) is 5.75 Å². The number of hydrogen-bond donors (Lipinski definition) is 0. The molecule has 0 heterocycles. The van der Waals surface area contributed by atoms with Gasteiger partial charge in [-0.2, -0.15) is 13.2 Å². The maximum Gasteiger partial charge on any atom is 0.417 e. The third kappa shape index (κ3) is 4.00. The van der Waals surface area contributed by atoms with E-state index in [1.807, 2.05) is 0 Å². The highest BCUT2D eigenvalue weighted by molar-refractivity contribution is 7.99. The Hall–Kier alpha value is -2.22. The zero-order valence-electron chi connectivity index (χ0n) is 13.2. The molecule has 0 amide bonds. The second-order valence-corrected chi connectivity index (χ2v) is 5.94. The maximum atomic E-state index is 13.4. The number of rotatable bonds is 5. The molecule has 0 aromatic heterocycles. The largest absolute Gasteiger partial charge is 0.497 e. The summed E-state index contributed by atoms with van der Waals surface area (Å²) in [5.41, 5.74) is -0.754. The van der Waals surface area contributed by atoms with Crippen LogP contribution in [0.3, 0.4) is 0 Å². The minimum atomic E-state index is -4.59. The Balaban J connectivity index is 2.49. The molecule has 0 unspecified atom stereocenters. The Morgan fingerprint density at radius 1 is 1.08 bits per heavy atom. The van der Waals surface area contributed by atoms with Gasteiger partial charge in [0.1, 0.15) is 5.75 Å². The smallest absolute Gasteiger partial charge is 0.417 e. The quantitative estimate of drug-likeness (QED) is 0.693. The molecule has 2 aromatic rings. The van der Waals surface area contributed by atoms with Crippen LogP contribution in [-0.4, -0.2) is 19.1 Å². The van der Waals surface area contributed by atoms with E-state index in [0.29, 0.717) is 16.2 Å². The third-order valence-electron chi connectivity index (χ3n) is 3.22. The van der Waals surface area contributed by atoms with E-state index in [0.717, 1.165) is 24.9 Å². The lowest BCUT2D eigenvalue weighted by Gasteiger charge is -2.14. The fourth-order valence-corrected chi connectivity index (χ4v) is 3.09. The first-order valence-corrected chi connectivity index (χ1v) is 7.63. The highest BCUT2D eigenvalue weighted by atomic mass is 32.2. The van der Waals surface area contributed by atoms with E-state index >= 15 is 0 Å². The molecule has 0 saturated carbocycles. The van der Waals surface area contributed by atoms with Crippen molar-refractivity contribution >= 4 is 17.4 Å². The molecule has 2 rings (SSSR count). The molecule has 0 saturated heterocycles. The maximum absolute atomic E-state index is 13.4. The lowest BCUT2D eigenvalue weighted by atomic mass is 10.1. The van der Waals surface area contributed by atoms with E-state index in [-0.39, 0.29) is 15.5 Å². The van der Waals surface area contributed by atoms with Gasteiger partial charge in [-0.15, -0.1) is 0 Å². The molecule has 0 bridgehead atoms. The van der Waals surface area contributed by atoms with Crippen molar-refractivity contribution in [3.8, 4) is 5.75 Å². The van der Waals surface area contributed by atoms with E-state index in [4.69, 9.17) is 4.74 Å². The standard InChI is InChI=1S/C16H15F3NO3S/c1-10-8-11(20(21)23-3)9-14(16(17,18)19)15(10)24-13-6-4-12(22-2)5-7-13/h4-9H,1-3H3/q+1. The van der Waals surface area contributed by atoms with Crippen LogP contribution >= 0.6 is 11.8 Å². The Kier molecular flexibility index (Phi) is 5.38. The first-order chi connectivity index (χ1) is 11.3. The average molecular weight is 358 g/mol. The third-order valence-corrected chi connectivity index (χ3v) is 4.47. The summed E-state index contributed by atoms with van der Waals surface area (Å²) in [4.78, 5) is 16.6. The number of methoxy groups -OCH3 is 1. The van der Waals surface area contributed by atoms with Crippen LogP contribution in [0.1, 0.15) is 11.1 Å². The van der Waals surface area contributed by atoms with Gasteiger partial charge in [-0.3, -0.25) is 0 Å². The number of alkyl halides is 3. The van der Waals surface area contributed by atoms with Crippen LogP contribution in [0.25, 0.3) is 0 Å². The predicted octanol–water partition coefficient (Wildman–Crippen LogP) is 5.15. The zero-order chi connectivity index (χ0) is 17.9. The minimum Gasteiger partial charge on any atom is -0.497 e. The van der Waals surface area contributed by atoms with Crippen molar-refractivity contribution in [2.75, 3.05) is 14.2 Å². The molecule has 8 heteroatoms. The first kappa shape index (κ1) is 18.1. The molecule has 0 fully saturated rings. The van der Waals surface area contributed by atoms with E-state index in [1.165, 1.54) is 20.1 Å². The van der Waals surface area contributed by atoms with Crippen molar-refractivity contribution in [1.29, 1.82) is 0 Å². The summed E-state index contributed by atoms with van der Waals surface area (Å²) in [6.45, 7) is 1.52. The SMILES string of the molecule is COc1ccc(Sc2c(C)cc([N+](=O)OC)cc2C(F)(F)F)cc1. The Labute approximate surface area is 141 Å². The van der Waals surface area contributed by atoms with Gasteiger partial charge in [0.15, 0.2) is 7.11 Å². The van der Waals surface area contributed by atoms with E-state index in [1.54, 1.807) is 24.3 Å². The van der Waals surface area contributed by atoms with E-state index < -0.39 is 11.7 Å². The highest BCUT2D eigenvalue weighted by Crippen LogP contribution is 2.43. The van der Waals surface area contributed by atoms with Gasteiger partial charge in [0.25, 0.3) is 4.92 Å². The molecule has 0 aliphatic rings. The molecule has 0 radical (unpaired) electrons. The van der Waals surface area contributed by atoms with Crippen LogP contribution in [0.15, 0.2) is 46.2 Å². The molecule has 0 N–H and O–H groups in total. The average Bonchev–Trinajstić information content (AvgIpc) is 2.55. The minimum absolute atomic E-state index is 0.0425. The fourth-order valence-electron chi connectivity index (χ4n) is 2.07. The van der Waals surface area contributed by atoms with E-state index in [9.17, 15) is 18.1 Å². The lowest BCUT2D eigenvalue weighted by molar-refractivity contribution is -0.736. The van der Waals surface area contributed by atoms with Crippen LogP contribution in [-0.2, 0) is 11.0 Å². The molecule has 4 nitrogen and oxygen atoms in total. The summed E-state index contributed by atoms with van der Waals surface area (Å²) >= 11 is 0.978. The predicted molar refractivity (Wildman–Crippen MR) is 83.6 cm³/mol. The molecule has 0 aliphatic heterocycles. The van der Waals surface area contributed by atoms with Crippen molar-refractivity contribution in [3.05, 3.63) is 52.4 Å². The van der Waals surface area contributed by atoms with Gasteiger partial charge >= 0.3 is 11.9 Å². The normalized spacial score (nSPS) is 11.2. The summed E-state index contributed by atoms with van der Waals surface area (Å²) in [6.07, 6.45) is -4.59. The van der Waals surface area contributed by atoms with Gasteiger partial charge in [-0.05, 0) is 36.8 Å². The van der Waals surface area contributed by atoms with Crippen molar-refractivity contribution in [2.24, 2.45) is 0 Å². The second kappa shape index (κ2) is 7.12. The molecule has 24 heavy (non-hydrogen) atoms.